The van der Waals surface area contributed by atoms with Crippen molar-refractivity contribution in [2.75, 3.05) is 13.7 Å². The van der Waals surface area contributed by atoms with Crippen LogP contribution >= 0.6 is 11.3 Å². The third kappa shape index (κ3) is 9.85. The lowest BCUT2D eigenvalue weighted by atomic mass is 9.85. The number of rotatable bonds is 14. The second kappa shape index (κ2) is 16.1. The van der Waals surface area contributed by atoms with Crippen molar-refractivity contribution in [2.24, 2.45) is 5.41 Å². The molecule has 11 heteroatoms. The molecule has 4 atom stereocenters. The Morgan fingerprint density at radius 2 is 1.68 bits per heavy atom. The predicted octanol–water partition coefficient (Wildman–Crippen LogP) is 4.69. The van der Waals surface area contributed by atoms with E-state index in [0.29, 0.717) is 12.8 Å². The number of ether oxygens (including phenoxy) is 1. The van der Waals surface area contributed by atoms with Crippen molar-refractivity contribution in [1.82, 2.24) is 20.5 Å². The van der Waals surface area contributed by atoms with E-state index in [1.807, 2.05) is 64.4 Å². The number of carbonyl (C=O) groups excluding carboxylic acids is 4. The summed E-state index contributed by atoms with van der Waals surface area (Å²) < 4.78 is 4.65. The highest BCUT2D eigenvalue weighted by atomic mass is 32.1. The Morgan fingerprint density at radius 3 is 2.27 bits per heavy atom. The number of hydrogen-bond acceptors (Lipinski definition) is 8. The topological polar surface area (TPSA) is 138 Å². The average Bonchev–Trinajstić information content (AvgIpc) is 3.59. The maximum Gasteiger partial charge on any atom is 0.305 e. The summed E-state index contributed by atoms with van der Waals surface area (Å²) in [5, 5.41) is 16.4. The van der Waals surface area contributed by atoms with Crippen LogP contribution in [0.1, 0.15) is 96.4 Å². The Kier molecular flexibility index (Phi) is 12.9. The number of carbonyl (C=O) groups is 4. The molecule has 1 aliphatic heterocycles. The molecule has 0 radical (unpaired) electrons. The summed E-state index contributed by atoms with van der Waals surface area (Å²) in [5.74, 6) is -1.15. The number of methoxy groups -OCH3 is 1. The lowest BCUT2D eigenvalue weighted by molar-refractivity contribution is -0.144. The van der Waals surface area contributed by atoms with Crippen molar-refractivity contribution in [3.05, 3.63) is 41.0 Å². The number of likely N-dealkylation sites (tertiary alicyclic amines) is 1. The Morgan fingerprint density at radius 1 is 1.05 bits per heavy atom. The molecule has 1 aromatic carbocycles. The fraction of sp³-hybridized carbons (Fsp3) is 0.606. The zero-order chi connectivity index (χ0) is 32.4. The summed E-state index contributed by atoms with van der Waals surface area (Å²) in [5.41, 5.74) is 4.17. The standard InChI is InChI=1S/C33H48N4O6S/c1-21(23-14-16-24(17-15-23)29-22(2)34-20-44-29)35-31(41)26-18-25(38)19-37(26)32(42)30(33(3,4)5)36-27(39)12-10-8-7-9-11-13-28(40)43-6/h14-17,20-21,25-26,30,38H,7-13,18-19H2,1-6H3,(H,35,41)(H,36,39)/t21?,25-,26+,30?/m1/s1. The monoisotopic (exact) mass is 628 g/mol. The van der Waals surface area contributed by atoms with E-state index in [1.54, 1.807) is 11.3 Å². The molecule has 0 spiro atoms. The summed E-state index contributed by atoms with van der Waals surface area (Å²) in [6.07, 6.45) is 4.05. The van der Waals surface area contributed by atoms with Gasteiger partial charge in [0, 0.05) is 25.8 Å². The molecule has 0 saturated carbocycles. The van der Waals surface area contributed by atoms with Crippen LogP contribution in [-0.4, -0.2) is 70.5 Å². The van der Waals surface area contributed by atoms with E-state index in [-0.39, 0.29) is 49.1 Å². The van der Waals surface area contributed by atoms with Gasteiger partial charge in [0.2, 0.25) is 17.7 Å². The number of unbranched alkanes of at least 4 members (excludes halogenated alkanes) is 4. The molecule has 3 amide bonds. The van der Waals surface area contributed by atoms with Gasteiger partial charge in [-0.2, -0.15) is 0 Å². The van der Waals surface area contributed by atoms with E-state index in [1.165, 1.54) is 12.0 Å². The van der Waals surface area contributed by atoms with Crippen molar-refractivity contribution < 1.29 is 29.0 Å². The van der Waals surface area contributed by atoms with Gasteiger partial charge in [-0.05, 0) is 43.2 Å². The molecule has 242 valence electrons. The number of aliphatic hydroxyl groups excluding tert-OH is 1. The van der Waals surface area contributed by atoms with Crippen molar-refractivity contribution in [3.8, 4) is 10.4 Å². The van der Waals surface area contributed by atoms with E-state index in [2.05, 4.69) is 20.4 Å². The molecule has 2 unspecified atom stereocenters. The maximum atomic E-state index is 13.8. The highest BCUT2D eigenvalue weighted by Crippen LogP contribution is 2.29. The SMILES string of the molecule is COC(=O)CCCCCCCC(=O)NC(C(=O)N1C[C@H](O)C[C@H]1C(=O)NC(C)c1ccc(-c2scnc2C)cc1)C(C)(C)C. The number of thiazole rings is 1. The van der Waals surface area contributed by atoms with Crippen LogP contribution in [0, 0.1) is 12.3 Å². The number of hydrogen-bond donors (Lipinski definition) is 3. The van der Waals surface area contributed by atoms with Crippen molar-refractivity contribution in [2.45, 2.75) is 110 Å². The summed E-state index contributed by atoms with van der Waals surface area (Å²) in [7, 11) is 1.38. The number of nitrogens with zero attached hydrogens (tertiary/aromatic N) is 2. The van der Waals surface area contributed by atoms with E-state index in [4.69, 9.17) is 0 Å². The molecule has 3 rings (SSSR count). The molecule has 1 aliphatic rings. The molecular weight excluding hydrogens is 580 g/mol. The number of nitrogens with one attached hydrogen (secondary N) is 2. The Balaban J connectivity index is 1.57. The zero-order valence-electron chi connectivity index (χ0n) is 26.9. The predicted molar refractivity (Wildman–Crippen MR) is 171 cm³/mol. The van der Waals surface area contributed by atoms with E-state index in [0.717, 1.165) is 47.4 Å². The van der Waals surface area contributed by atoms with Gasteiger partial charge in [-0.3, -0.25) is 19.2 Å². The van der Waals surface area contributed by atoms with Gasteiger partial charge in [-0.25, -0.2) is 4.98 Å². The third-order valence-electron chi connectivity index (χ3n) is 8.07. The Bertz CT molecular complexity index is 1270. The highest BCUT2D eigenvalue weighted by molar-refractivity contribution is 7.13. The average molecular weight is 629 g/mol. The number of β-amino-alcohol motifs (C(OH)–C–C–N with tert-alkyl or cyclic N) is 1. The van der Waals surface area contributed by atoms with Crippen LogP contribution in [0.2, 0.25) is 0 Å². The molecule has 0 bridgehead atoms. The van der Waals surface area contributed by atoms with Crippen LogP contribution in [0.5, 0.6) is 0 Å². The van der Waals surface area contributed by atoms with Crippen molar-refractivity contribution in [3.63, 3.8) is 0 Å². The van der Waals surface area contributed by atoms with Gasteiger partial charge in [0.1, 0.15) is 12.1 Å². The van der Waals surface area contributed by atoms with E-state index >= 15 is 0 Å². The van der Waals surface area contributed by atoms with Gasteiger partial charge in [0.05, 0.1) is 35.3 Å². The van der Waals surface area contributed by atoms with E-state index < -0.39 is 23.6 Å². The number of aliphatic hydroxyl groups is 1. The molecule has 10 nitrogen and oxygen atoms in total. The fourth-order valence-corrected chi connectivity index (χ4v) is 6.25. The van der Waals surface area contributed by atoms with Gasteiger partial charge in [0.25, 0.3) is 0 Å². The quantitative estimate of drug-likeness (QED) is 0.204. The minimum Gasteiger partial charge on any atom is -0.469 e. The lowest BCUT2D eigenvalue weighted by Crippen LogP contribution is -2.57. The van der Waals surface area contributed by atoms with Gasteiger partial charge < -0.3 is 25.4 Å². The van der Waals surface area contributed by atoms with Crippen LogP contribution in [0.25, 0.3) is 10.4 Å². The minimum absolute atomic E-state index is 0.0300. The van der Waals surface area contributed by atoms with Crippen LogP contribution in [0.15, 0.2) is 29.8 Å². The Hall–Kier alpha value is -3.31. The van der Waals surface area contributed by atoms with Gasteiger partial charge in [-0.1, -0.05) is 64.3 Å². The third-order valence-corrected chi connectivity index (χ3v) is 9.05. The zero-order valence-corrected chi connectivity index (χ0v) is 27.7. The molecule has 0 aliphatic carbocycles. The van der Waals surface area contributed by atoms with Crippen LogP contribution in [0.4, 0.5) is 0 Å². The summed E-state index contributed by atoms with van der Waals surface area (Å²) >= 11 is 1.58. The normalized spacial score (nSPS) is 18.0. The Labute approximate surface area is 265 Å². The number of aromatic nitrogens is 1. The first-order valence-electron chi connectivity index (χ1n) is 15.5. The number of esters is 1. The maximum absolute atomic E-state index is 13.8. The second-order valence-corrected chi connectivity index (χ2v) is 13.6. The van der Waals surface area contributed by atoms with Crippen molar-refractivity contribution >= 4 is 35.0 Å². The van der Waals surface area contributed by atoms with Crippen LogP contribution in [0.3, 0.4) is 0 Å². The van der Waals surface area contributed by atoms with Crippen LogP contribution < -0.4 is 10.6 Å². The molecule has 2 aromatic rings. The number of benzene rings is 1. The second-order valence-electron chi connectivity index (χ2n) is 12.7. The van der Waals surface area contributed by atoms with Gasteiger partial charge >= 0.3 is 5.97 Å². The smallest absolute Gasteiger partial charge is 0.305 e. The van der Waals surface area contributed by atoms with Crippen molar-refractivity contribution in [1.29, 1.82) is 0 Å². The first kappa shape index (κ1) is 35.2. The first-order chi connectivity index (χ1) is 20.8. The summed E-state index contributed by atoms with van der Waals surface area (Å²) in [6, 6.07) is 5.96. The fourth-order valence-electron chi connectivity index (χ4n) is 5.44. The van der Waals surface area contributed by atoms with E-state index in [9.17, 15) is 24.3 Å². The highest BCUT2D eigenvalue weighted by Gasteiger charge is 2.44. The molecular formula is C33H48N4O6S. The molecule has 3 N–H and O–H groups in total. The number of aryl methyl sites for hydroxylation is 1. The molecule has 1 saturated heterocycles. The van der Waals surface area contributed by atoms with Crippen LogP contribution in [-0.2, 0) is 23.9 Å². The first-order valence-corrected chi connectivity index (χ1v) is 16.3. The molecule has 2 heterocycles. The minimum atomic E-state index is -0.851. The molecule has 44 heavy (non-hydrogen) atoms. The van der Waals surface area contributed by atoms with Gasteiger partial charge in [0.15, 0.2) is 0 Å². The van der Waals surface area contributed by atoms with Gasteiger partial charge in [-0.15, -0.1) is 11.3 Å². The lowest BCUT2D eigenvalue weighted by Gasteiger charge is -2.35. The molecule has 1 fully saturated rings. The largest absolute Gasteiger partial charge is 0.469 e. The summed E-state index contributed by atoms with van der Waals surface area (Å²) in [4.78, 5) is 58.2. The molecule has 1 aromatic heterocycles. The number of amides is 3. The summed E-state index contributed by atoms with van der Waals surface area (Å²) in [6.45, 7) is 9.51.